The maximum Gasteiger partial charge on any atom is 0.254 e. The van der Waals surface area contributed by atoms with Crippen molar-refractivity contribution in [3.8, 4) is 0 Å². The van der Waals surface area contributed by atoms with Crippen molar-refractivity contribution < 1.29 is 9.59 Å². The number of primary amides is 1. The van der Waals surface area contributed by atoms with Crippen LogP contribution in [-0.4, -0.2) is 29.3 Å². The molecule has 2 amide bonds. The molecule has 0 spiro atoms. The molecule has 4 nitrogen and oxygen atoms in total. The highest BCUT2D eigenvalue weighted by Crippen LogP contribution is 2.20. The van der Waals surface area contributed by atoms with Crippen LogP contribution in [-0.2, 0) is 4.79 Å². The third-order valence-electron chi connectivity index (χ3n) is 2.93. The Hall–Kier alpha value is -1.36. The molecule has 0 unspecified atom stereocenters. The topological polar surface area (TPSA) is 63.4 Å². The molecule has 0 radical (unpaired) electrons. The van der Waals surface area contributed by atoms with Gasteiger partial charge in [-0.15, -0.1) is 0 Å². The summed E-state index contributed by atoms with van der Waals surface area (Å²) in [5.41, 5.74) is 5.87. The molecule has 2 rings (SSSR count). The summed E-state index contributed by atoms with van der Waals surface area (Å²) in [5, 5.41) is 0. The second-order valence-electron chi connectivity index (χ2n) is 4.07. The highest BCUT2D eigenvalue weighted by atomic mass is 79.9. The second kappa shape index (κ2) is 4.87. The zero-order chi connectivity index (χ0) is 12.4. The average molecular weight is 297 g/mol. The minimum atomic E-state index is -0.453. The van der Waals surface area contributed by atoms with Crippen molar-refractivity contribution in [1.82, 2.24) is 4.90 Å². The molecule has 0 bridgehead atoms. The fourth-order valence-electron chi connectivity index (χ4n) is 2.06. The van der Waals surface area contributed by atoms with E-state index in [-0.39, 0.29) is 5.91 Å². The van der Waals surface area contributed by atoms with Gasteiger partial charge < -0.3 is 10.6 Å². The SMILES string of the molecule is NC(=O)[C@H]1CCCN1C(=O)c1ccc(Br)cc1. The van der Waals surface area contributed by atoms with E-state index in [1.54, 1.807) is 17.0 Å². The molecule has 0 aromatic heterocycles. The summed E-state index contributed by atoms with van der Waals surface area (Å²) >= 11 is 3.31. The summed E-state index contributed by atoms with van der Waals surface area (Å²) < 4.78 is 0.918. The molecule has 0 saturated carbocycles. The highest BCUT2D eigenvalue weighted by molar-refractivity contribution is 9.10. The van der Waals surface area contributed by atoms with Crippen LogP contribution >= 0.6 is 15.9 Å². The number of hydrogen-bond donors (Lipinski definition) is 1. The number of nitrogens with zero attached hydrogens (tertiary/aromatic N) is 1. The lowest BCUT2D eigenvalue weighted by Gasteiger charge is -2.22. The first-order valence-electron chi connectivity index (χ1n) is 5.45. The molecule has 90 valence electrons. The van der Waals surface area contributed by atoms with Gasteiger partial charge in [-0.25, -0.2) is 0 Å². The lowest BCUT2D eigenvalue weighted by Crippen LogP contribution is -2.43. The number of nitrogens with two attached hydrogens (primary N) is 1. The Morgan fingerprint density at radius 2 is 1.94 bits per heavy atom. The summed E-state index contributed by atoms with van der Waals surface area (Å²) in [6.45, 7) is 0.600. The van der Waals surface area contributed by atoms with Gasteiger partial charge in [0.2, 0.25) is 5.91 Å². The molecule has 1 fully saturated rings. The molecular formula is C12H13BrN2O2. The maximum absolute atomic E-state index is 12.2. The van der Waals surface area contributed by atoms with Crippen molar-refractivity contribution in [2.45, 2.75) is 18.9 Å². The van der Waals surface area contributed by atoms with E-state index < -0.39 is 11.9 Å². The van der Waals surface area contributed by atoms with Crippen LogP contribution in [0.3, 0.4) is 0 Å². The first-order valence-corrected chi connectivity index (χ1v) is 6.25. The molecular weight excluding hydrogens is 284 g/mol. The van der Waals surface area contributed by atoms with Crippen LogP contribution in [0, 0.1) is 0 Å². The number of amides is 2. The van der Waals surface area contributed by atoms with E-state index in [0.29, 0.717) is 18.5 Å². The molecule has 1 heterocycles. The van der Waals surface area contributed by atoms with Gasteiger partial charge in [-0.2, -0.15) is 0 Å². The molecule has 5 heteroatoms. The second-order valence-corrected chi connectivity index (χ2v) is 4.98. The van der Waals surface area contributed by atoms with Crippen LogP contribution in [0.25, 0.3) is 0 Å². The van der Waals surface area contributed by atoms with E-state index in [0.717, 1.165) is 10.9 Å². The summed E-state index contributed by atoms with van der Waals surface area (Å²) in [6, 6.07) is 6.64. The number of carbonyl (C=O) groups excluding carboxylic acids is 2. The lowest BCUT2D eigenvalue weighted by molar-refractivity contribution is -0.121. The summed E-state index contributed by atoms with van der Waals surface area (Å²) in [6.07, 6.45) is 1.49. The molecule has 17 heavy (non-hydrogen) atoms. The number of carbonyl (C=O) groups is 2. The van der Waals surface area contributed by atoms with Gasteiger partial charge in [0, 0.05) is 16.6 Å². The first kappa shape index (κ1) is 12.1. The van der Waals surface area contributed by atoms with Gasteiger partial charge in [-0.05, 0) is 37.1 Å². The smallest absolute Gasteiger partial charge is 0.254 e. The predicted octanol–water partition coefficient (Wildman–Crippen LogP) is 1.54. The van der Waals surface area contributed by atoms with Gasteiger partial charge in [0.25, 0.3) is 5.91 Å². The Balaban J connectivity index is 2.19. The average Bonchev–Trinajstić information content (AvgIpc) is 2.78. The highest BCUT2D eigenvalue weighted by Gasteiger charge is 2.32. The normalized spacial score (nSPS) is 19.4. The standard InChI is InChI=1S/C12H13BrN2O2/c13-9-5-3-8(4-6-9)12(17)15-7-1-2-10(15)11(14)16/h3-6,10H,1-2,7H2,(H2,14,16)/t10-/m1/s1. The summed E-state index contributed by atoms with van der Waals surface area (Å²) in [4.78, 5) is 25.0. The van der Waals surface area contributed by atoms with E-state index in [9.17, 15) is 9.59 Å². The Bertz CT molecular complexity index is 444. The molecule has 0 aliphatic carbocycles. The van der Waals surface area contributed by atoms with Crippen molar-refractivity contribution in [2.75, 3.05) is 6.54 Å². The zero-order valence-electron chi connectivity index (χ0n) is 9.23. The minimum absolute atomic E-state index is 0.126. The minimum Gasteiger partial charge on any atom is -0.368 e. The lowest BCUT2D eigenvalue weighted by atomic mass is 10.1. The van der Waals surface area contributed by atoms with Crippen molar-refractivity contribution >= 4 is 27.7 Å². The monoisotopic (exact) mass is 296 g/mol. The van der Waals surface area contributed by atoms with Gasteiger partial charge in [0.15, 0.2) is 0 Å². The van der Waals surface area contributed by atoms with Crippen molar-refractivity contribution in [3.05, 3.63) is 34.3 Å². The van der Waals surface area contributed by atoms with Gasteiger partial charge in [0.05, 0.1) is 0 Å². The van der Waals surface area contributed by atoms with E-state index in [2.05, 4.69) is 15.9 Å². The first-order chi connectivity index (χ1) is 8.09. The number of likely N-dealkylation sites (tertiary alicyclic amines) is 1. The van der Waals surface area contributed by atoms with Crippen LogP contribution in [0.15, 0.2) is 28.7 Å². The summed E-state index contributed by atoms with van der Waals surface area (Å²) in [5.74, 6) is -0.549. The number of hydrogen-bond acceptors (Lipinski definition) is 2. The van der Waals surface area contributed by atoms with Crippen molar-refractivity contribution in [1.29, 1.82) is 0 Å². The number of rotatable bonds is 2. The van der Waals surface area contributed by atoms with Gasteiger partial charge in [-0.3, -0.25) is 9.59 Å². The maximum atomic E-state index is 12.2. The number of benzene rings is 1. The Labute approximate surface area is 108 Å². The van der Waals surface area contributed by atoms with E-state index in [1.165, 1.54) is 0 Å². The van der Waals surface area contributed by atoms with Crippen molar-refractivity contribution in [3.63, 3.8) is 0 Å². The van der Waals surface area contributed by atoms with Crippen LogP contribution in [0.5, 0.6) is 0 Å². The number of halogens is 1. The van der Waals surface area contributed by atoms with E-state index >= 15 is 0 Å². The predicted molar refractivity (Wildman–Crippen MR) is 67.4 cm³/mol. The van der Waals surface area contributed by atoms with Crippen LogP contribution in [0.2, 0.25) is 0 Å². The third kappa shape index (κ3) is 2.49. The van der Waals surface area contributed by atoms with E-state index in [1.807, 2.05) is 12.1 Å². The van der Waals surface area contributed by atoms with Gasteiger partial charge in [-0.1, -0.05) is 15.9 Å². The van der Waals surface area contributed by atoms with Gasteiger partial charge >= 0.3 is 0 Å². The Morgan fingerprint density at radius 1 is 1.29 bits per heavy atom. The van der Waals surface area contributed by atoms with Crippen LogP contribution in [0.4, 0.5) is 0 Å². The fourth-order valence-corrected chi connectivity index (χ4v) is 2.33. The fraction of sp³-hybridized carbons (Fsp3) is 0.333. The largest absolute Gasteiger partial charge is 0.368 e. The molecule has 1 saturated heterocycles. The van der Waals surface area contributed by atoms with Crippen LogP contribution < -0.4 is 5.73 Å². The molecule has 1 aromatic carbocycles. The molecule has 1 aliphatic heterocycles. The molecule has 1 atom stereocenters. The Morgan fingerprint density at radius 3 is 2.53 bits per heavy atom. The van der Waals surface area contributed by atoms with Crippen LogP contribution in [0.1, 0.15) is 23.2 Å². The quantitative estimate of drug-likeness (QED) is 0.900. The van der Waals surface area contributed by atoms with Crippen molar-refractivity contribution in [2.24, 2.45) is 5.73 Å². The summed E-state index contributed by atoms with van der Waals surface area (Å²) in [7, 11) is 0. The molecule has 1 aliphatic rings. The van der Waals surface area contributed by atoms with Gasteiger partial charge in [0.1, 0.15) is 6.04 Å². The zero-order valence-corrected chi connectivity index (χ0v) is 10.8. The third-order valence-corrected chi connectivity index (χ3v) is 3.46. The molecule has 2 N–H and O–H groups in total. The molecule has 1 aromatic rings. The van der Waals surface area contributed by atoms with E-state index in [4.69, 9.17) is 5.73 Å². The Kier molecular flexibility index (Phi) is 3.47.